The number of fused-ring (bicyclic) bond motifs is 4. The molecule has 0 spiro atoms. The number of rotatable bonds is 5. The first-order valence-corrected chi connectivity index (χ1v) is 9.90. The van der Waals surface area contributed by atoms with E-state index in [0.29, 0.717) is 11.8 Å². The normalized spacial score (nSPS) is 22.1. The molecule has 0 aliphatic carbocycles. The van der Waals surface area contributed by atoms with Crippen LogP contribution in [0, 0.1) is 0 Å². The van der Waals surface area contributed by atoms with Gasteiger partial charge in [-0.25, -0.2) is 0 Å². The standard InChI is InChI=1S/C23H30NO5/c1-24-10-9-15-16(12-20(26-3)23(29-6)22(15)28-5)18(24)11-14-7-8-19(25-2)21(27-4)17(14)13-24/h7-8,12,18H,9-11,13H2,1-6H3/q+1. The van der Waals surface area contributed by atoms with Crippen LogP contribution in [-0.4, -0.2) is 53.6 Å². The molecule has 0 saturated heterocycles. The topological polar surface area (TPSA) is 46.2 Å². The van der Waals surface area contributed by atoms with Crippen LogP contribution in [0.15, 0.2) is 18.2 Å². The van der Waals surface area contributed by atoms with Gasteiger partial charge in [-0.05, 0) is 17.7 Å². The van der Waals surface area contributed by atoms with Gasteiger partial charge in [0, 0.05) is 24.0 Å². The monoisotopic (exact) mass is 400 g/mol. The van der Waals surface area contributed by atoms with Gasteiger partial charge in [0.1, 0.15) is 12.6 Å². The van der Waals surface area contributed by atoms with Gasteiger partial charge in [0.2, 0.25) is 5.75 Å². The van der Waals surface area contributed by atoms with Crippen molar-refractivity contribution in [2.24, 2.45) is 0 Å². The Morgan fingerprint density at radius 3 is 2.10 bits per heavy atom. The second-order valence-electron chi connectivity index (χ2n) is 7.98. The van der Waals surface area contributed by atoms with Gasteiger partial charge in [0.15, 0.2) is 23.0 Å². The first-order valence-electron chi connectivity index (χ1n) is 9.90. The number of benzene rings is 2. The molecule has 0 saturated carbocycles. The number of hydrogen-bond acceptors (Lipinski definition) is 5. The molecule has 2 atom stereocenters. The molecular weight excluding hydrogens is 370 g/mol. The maximum absolute atomic E-state index is 5.78. The molecule has 2 unspecified atom stereocenters. The average molecular weight is 400 g/mol. The van der Waals surface area contributed by atoms with Crippen molar-refractivity contribution in [2.45, 2.75) is 25.4 Å². The first kappa shape index (κ1) is 19.7. The largest absolute Gasteiger partial charge is 0.493 e. The first-order chi connectivity index (χ1) is 14.0. The SMILES string of the molecule is COc1ccc2c(c1OC)C[N+]1(C)CCc3c(cc(OC)c(OC)c3OC)C1C2. The van der Waals surface area contributed by atoms with E-state index < -0.39 is 0 Å². The predicted molar refractivity (Wildman–Crippen MR) is 111 cm³/mol. The van der Waals surface area contributed by atoms with Crippen molar-refractivity contribution >= 4 is 0 Å². The molecule has 0 bridgehead atoms. The zero-order valence-corrected chi connectivity index (χ0v) is 18.1. The summed E-state index contributed by atoms with van der Waals surface area (Å²) in [5, 5.41) is 0. The summed E-state index contributed by atoms with van der Waals surface area (Å²) in [5.41, 5.74) is 5.08. The fourth-order valence-electron chi connectivity index (χ4n) is 5.13. The Labute approximate surface area is 172 Å². The molecule has 0 amide bonds. The zero-order chi connectivity index (χ0) is 20.8. The van der Waals surface area contributed by atoms with E-state index in [9.17, 15) is 0 Å². The zero-order valence-electron chi connectivity index (χ0n) is 18.1. The quantitative estimate of drug-likeness (QED) is 0.719. The molecule has 6 heteroatoms. The highest BCUT2D eigenvalue weighted by Crippen LogP contribution is 2.52. The summed E-state index contributed by atoms with van der Waals surface area (Å²) in [6.07, 6.45) is 1.85. The van der Waals surface area contributed by atoms with Crippen LogP contribution in [0.25, 0.3) is 0 Å². The van der Waals surface area contributed by atoms with E-state index in [4.69, 9.17) is 23.7 Å². The lowest BCUT2D eigenvalue weighted by atomic mass is 9.81. The summed E-state index contributed by atoms with van der Waals surface area (Å²) >= 11 is 0. The number of likely N-dealkylation sites (N-methyl/N-ethyl adjacent to an activating group) is 1. The van der Waals surface area contributed by atoms with E-state index in [2.05, 4.69) is 19.2 Å². The van der Waals surface area contributed by atoms with Crippen molar-refractivity contribution < 1.29 is 28.2 Å². The van der Waals surface area contributed by atoms with Gasteiger partial charge >= 0.3 is 0 Å². The molecule has 0 radical (unpaired) electrons. The average Bonchev–Trinajstić information content (AvgIpc) is 2.74. The van der Waals surface area contributed by atoms with Crippen LogP contribution in [0.2, 0.25) is 0 Å². The van der Waals surface area contributed by atoms with E-state index in [1.807, 2.05) is 6.07 Å². The smallest absolute Gasteiger partial charge is 0.203 e. The lowest BCUT2D eigenvalue weighted by Gasteiger charge is -2.49. The van der Waals surface area contributed by atoms with Crippen LogP contribution in [0.4, 0.5) is 0 Å². The molecule has 0 N–H and O–H groups in total. The number of hydrogen-bond donors (Lipinski definition) is 0. The number of ether oxygens (including phenoxy) is 5. The summed E-state index contributed by atoms with van der Waals surface area (Å²) < 4.78 is 29.2. The van der Waals surface area contributed by atoms with Crippen LogP contribution in [0.1, 0.15) is 28.3 Å². The van der Waals surface area contributed by atoms with E-state index in [1.54, 1.807) is 35.5 Å². The highest BCUT2D eigenvalue weighted by Gasteiger charge is 2.46. The molecule has 2 aromatic carbocycles. The maximum Gasteiger partial charge on any atom is 0.203 e. The van der Waals surface area contributed by atoms with Crippen molar-refractivity contribution in [3.63, 3.8) is 0 Å². The minimum atomic E-state index is 0.318. The van der Waals surface area contributed by atoms with Gasteiger partial charge in [-0.1, -0.05) is 6.07 Å². The van der Waals surface area contributed by atoms with Crippen LogP contribution < -0.4 is 23.7 Å². The molecular formula is C23H30NO5+. The minimum Gasteiger partial charge on any atom is -0.493 e. The third-order valence-corrected chi connectivity index (χ3v) is 6.63. The lowest BCUT2D eigenvalue weighted by molar-refractivity contribution is -0.956. The molecule has 6 nitrogen and oxygen atoms in total. The Bertz CT molecular complexity index is 942. The van der Waals surface area contributed by atoms with Gasteiger partial charge in [-0.3, -0.25) is 0 Å². The van der Waals surface area contributed by atoms with Gasteiger partial charge < -0.3 is 28.2 Å². The number of quaternary nitrogens is 1. The highest BCUT2D eigenvalue weighted by molar-refractivity contribution is 5.61. The number of methoxy groups -OCH3 is 5. The molecule has 2 aromatic rings. The Kier molecular flexibility index (Phi) is 4.99. The fourth-order valence-corrected chi connectivity index (χ4v) is 5.13. The molecule has 29 heavy (non-hydrogen) atoms. The van der Waals surface area contributed by atoms with Crippen molar-refractivity contribution in [3.05, 3.63) is 40.5 Å². The van der Waals surface area contributed by atoms with Crippen LogP contribution >= 0.6 is 0 Å². The Morgan fingerprint density at radius 1 is 0.793 bits per heavy atom. The molecule has 2 aliphatic heterocycles. The second-order valence-corrected chi connectivity index (χ2v) is 7.98. The van der Waals surface area contributed by atoms with Gasteiger partial charge in [-0.15, -0.1) is 0 Å². The van der Waals surface area contributed by atoms with Crippen LogP contribution in [0.5, 0.6) is 28.7 Å². The maximum atomic E-state index is 5.78. The summed E-state index contributed by atoms with van der Waals surface area (Å²) in [7, 11) is 10.8. The summed E-state index contributed by atoms with van der Waals surface area (Å²) in [6, 6.07) is 6.64. The third kappa shape index (κ3) is 2.89. The lowest BCUT2D eigenvalue weighted by Crippen LogP contribution is -2.53. The molecule has 2 heterocycles. The Balaban J connectivity index is 1.87. The van der Waals surface area contributed by atoms with Gasteiger partial charge in [-0.2, -0.15) is 0 Å². The minimum absolute atomic E-state index is 0.318. The molecule has 4 rings (SSSR count). The molecule has 0 fully saturated rings. The van der Waals surface area contributed by atoms with Gasteiger partial charge in [0.25, 0.3) is 0 Å². The number of nitrogens with zero attached hydrogens (tertiary/aromatic N) is 1. The second kappa shape index (κ2) is 7.34. The van der Waals surface area contributed by atoms with Crippen molar-refractivity contribution in [1.29, 1.82) is 0 Å². The van der Waals surface area contributed by atoms with Crippen LogP contribution in [-0.2, 0) is 19.4 Å². The van der Waals surface area contributed by atoms with E-state index in [-0.39, 0.29) is 0 Å². The summed E-state index contributed by atoms with van der Waals surface area (Å²) in [5.74, 6) is 3.84. The van der Waals surface area contributed by atoms with Crippen molar-refractivity contribution in [3.8, 4) is 28.7 Å². The highest BCUT2D eigenvalue weighted by atomic mass is 16.5. The van der Waals surface area contributed by atoms with E-state index >= 15 is 0 Å². The van der Waals surface area contributed by atoms with E-state index in [1.165, 1.54) is 22.3 Å². The molecule has 2 aliphatic rings. The summed E-state index contributed by atoms with van der Waals surface area (Å²) in [4.78, 5) is 0. The van der Waals surface area contributed by atoms with Crippen molar-refractivity contribution in [2.75, 3.05) is 49.1 Å². The fraction of sp³-hybridized carbons (Fsp3) is 0.478. The third-order valence-electron chi connectivity index (χ3n) is 6.63. The predicted octanol–water partition coefficient (Wildman–Crippen LogP) is 3.53. The Morgan fingerprint density at radius 2 is 1.48 bits per heavy atom. The molecule has 0 aromatic heterocycles. The summed E-state index contributed by atoms with van der Waals surface area (Å²) in [6.45, 7) is 1.92. The van der Waals surface area contributed by atoms with Gasteiger partial charge in [0.05, 0.1) is 54.7 Å². The van der Waals surface area contributed by atoms with E-state index in [0.717, 1.165) is 53.4 Å². The van der Waals surface area contributed by atoms with Crippen LogP contribution in [0.3, 0.4) is 0 Å². The Hall–Kier alpha value is -2.60. The molecule has 156 valence electrons. The van der Waals surface area contributed by atoms with Crippen molar-refractivity contribution in [1.82, 2.24) is 0 Å².